The Morgan fingerprint density at radius 2 is 2.19 bits per heavy atom. The predicted octanol–water partition coefficient (Wildman–Crippen LogP) is 3.60. The van der Waals surface area contributed by atoms with Gasteiger partial charge in [-0.1, -0.05) is 0 Å². The zero-order chi connectivity index (χ0) is 15.6. The van der Waals surface area contributed by atoms with Crippen molar-refractivity contribution in [3.05, 3.63) is 49.9 Å². The first kappa shape index (κ1) is 14.7. The molecule has 1 N–H and O–H groups in total. The van der Waals surface area contributed by atoms with Crippen molar-refractivity contribution in [1.29, 1.82) is 5.26 Å². The number of hydrogen-bond acceptors (Lipinski definition) is 6. The number of nitro groups is 1. The van der Waals surface area contributed by atoms with Gasteiger partial charge in [0.05, 0.1) is 10.5 Å². The average molecular weight is 301 g/mol. The first-order valence-corrected chi connectivity index (χ1v) is 6.77. The summed E-state index contributed by atoms with van der Waals surface area (Å²) in [5.74, 6) is -0.104. The minimum atomic E-state index is -0.545. The number of nitriles is 1. The van der Waals surface area contributed by atoms with Crippen molar-refractivity contribution in [3.8, 4) is 11.8 Å². The Kier molecular flexibility index (Phi) is 4.00. The van der Waals surface area contributed by atoms with Gasteiger partial charge >= 0.3 is 0 Å². The van der Waals surface area contributed by atoms with E-state index in [-0.39, 0.29) is 17.0 Å². The van der Waals surface area contributed by atoms with Crippen molar-refractivity contribution in [2.45, 2.75) is 13.8 Å². The van der Waals surface area contributed by atoms with Crippen molar-refractivity contribution in [2.75, 3.05) is 0 Å². The summed E-state index contributed by atoms with van der Waals surface area (Å²) in [7, 11) is 0. The monoisotopic (exact) mass is 301 g/mol. The zero-order valence-corrected chi connectivity index (χ0v) is 12.1. The number of hydrogen-bond donors (Lipinski definition) is 1. The van der Waals surface area contributed by atoms with E-state index < -0.39 is 4.92 Å². The number of phenolic OH excluding ortho intramolecular Hbond substituents is 1. The third-order valence-corrected chi connectivity index (χ3v) is 4.14. The van der Waals surface area contributed by atoms with E-state index in [2.05, 4.69) is 11.1 Å². The highest BCUT2D eigenvalue weighted by Gasteiger charge is 2.12. The minimum Gasteiger partial charge on any atom is -0.507 e. The minimum absolute atomic E-state index is 0.104. The van der Waals surface area contributed by atoms with Gasteiger partial charge < -0.3 is 5.11 Å². The topological polar surface area (TPSA) is 99.5 Å². The molecule has 0 saturated carbocycles. The molecule has 7 heteroatoms. The number of aryl methyl sites for hydroxylation is 1. The van der Waals surface area contributed by atoms with Gasteiger partial charge in [-0.3, -0.25) is 10.1 Å². The molecule has 0 radical (unpaired) electrons. The molecule has 0 saturated heterocycles. The maximum atomic E-state index is 10.7. The Morgan fingerprint density at radius 1 is 1.48 bits per heavy atom. The van der Waals surface area contributed by atoms with Crippen LogP contribution in [0.25, 0.3) is 0 Å². The standard InChI is InChI=1S/C14H11N3O3S/c1-8-9(2)21-14(12(8)6-15)16-7-10-5-11(17(19)20)3-4-13(10)18/h3-5,7,18H,1-2H3. The maximum absolute atomic E-state index is 10.7. The predicted molar refractivity (Wildman–Crippen MR) is 80.5 cm³/mol. The van der Waals surface area contributed by atoms with Crippen LogP contribution in [0.4, 0.5) is 10.7 Å². The van der Waals surface area contributed by atoms with Crippen molar-refractivity contribution in [1.82, 2.24) is 0 Å². The van der Waals surface area contributed by atoms with E-state index in [1.54, 1.807) is 0 Å². The molecule has 0 spiro atoms. The second kappa shape index (κ2) is 5.73. The van der Waals surface area contributed by atoms with Gasteiger partial charge in [0.2, 0.25) is 0 Å². The maximum Gasteiger partial charge on any atom is 0.270 e. The van der Waals surface area contributed by atoms with Crippen LogP contribution in [0.15, 0.2) is 23.2 Å². The smallest absolute Gasteiger partial charge is 0.270 e. The first-order valence-electron chi connectivity index (χ1n) is 5.95. The van der Waals surface area contributed by atoms with E-state index in [1.165, 1.54) is 35.8 Å². The molecule has 1 aromatic carbocycles. The number of aromatic hydroxyl groups is 1. The zero-order valence-electron chi connectivity index (χ0n) is 11.3. The summed E-state index contributed by atoms with van der Waals surface area (Å²) in [6.07, 6.45) is 1.33. The van der Waals surface area contributed by atoms with Crippen LogP contribution >= 0.6 is 11.3 Å². The third-order valence-electron chi connectivity index (χ3n) is 3.02. The van der Waals surface area contributed by atoms with Gasteiger partial charge in [0.25, 0.3) is 5.69 Å². The van der Waals surface area contributed by atoms with Crippen LogP contribution in [0.2, 0.25) is 0 Å². The Morgan fingerprint density at radius 3 is 2.81 bits per heavy atom. The molecule has 0 atom stereocenters. The van der Waals surface area contributed by atoms with Crippen LogP contribution in [0, 0.1) is 35.3 Å². The summed E-state index contributed by atoms with van der Waals surface area (Å²) in [5.41, 5.74) is 1.46. The molecule has 1 heterocycles. The van der Waals surface area contributed by atoms with E-state index in [1.807, 2.05) is 13.8 Å². The number of non-ortho nitro benzene ring substituents is 1. The lowest BCUT2D eigenvalue weighted by atomic mass is 10.2. The Hall–Kier alpha value is -2.72. The molecule has 6 nitrogen and oxygen atoms in total. The Balaban J connectivity index is 2.43. The van der Waals surface area contributed by atoms with Gasteiger partial charge in [0, 0.05) is 28.8 Å². The molecule has 21 heavy (non-hydrogen) atoms. The number of thiophene rings is 1. The van der Waals surface area contributed by atoms with Crippen LogP contribution in [0.3, 0.4) is 0 Å². The van der Waals surface area contributed by atoms with Crippen LogP contribution in [-0.2, 0) is 0 Å². The summed E-state index contributed by atoms with van der Waals surface area (Å²) >= 11 is 1.37. The van der Waals surface area contributed by atoms with E-state index in [0.29, 0.717) is 10.6 Å². The number of phenols is 1. The van der Waals surface area contributed by atoms with Gasteiger partial charge in [-0.25, -0.2) is 4.99 Å². The van der Waals surface area contributed by atoms with Crippen LogP contribution in [0.5, 0.6) is 5.75 Å². The molecule has 2 aromatic rings. The molecule has 0 aliphatic carbocycles. The fraction of sp³-hybridized carbons (Fsp3) is 0.143. The van der Waals surface area contributed by atoms with E-state index in [0.717, 1.165) is 10.4 Å². The third kappa shape index (κ3) is 2.90. The van der Waals surface area contributed by atoms with Crippen molar-refractivity contribution in [2.24, 2.45) is 4.99 Å². The molecule has 0 aliphatic rings. The second-order valence-corrected chi connectivity index (χ2v) is 5.54. The number of benzene rings is 1. The molecular weight excluding hydrogens is 290 g/mol. The van der Waals surface area contributed by atoms with Gasteiger partial charge in [0.15, 0.2) is 0 Å². The molecule has 0 amide bonds. The molecule has 2 rings (SSSR count). The number of aliphatic imine (C=N–C) groups is 1. The SMILES string of the molecule is Cc1sc(N=Cc2cc([N+](=O)[O-])ccc2O)c(C#N)c1C. The number of nitrogens with zero attached hydrogens (tertiary/aromatic N) is 3. The van der Waals surface area contributed by atoms with Gasteiger partial charge in [0.1, 0.15) is 16.8 Å². The van der Waals surface area contributed by atoms with Gasteiger partial charge in [-0.15, -0.1) is 11.3 Å². The van der Waals surface area contributed by atoms with Crippen LogP contribution in [0.1, 0.15) is 21.6 Å². The summed E-state index contributed by atoms with van der Waals surface area (Å²) in [4.78, 5) is 15.3. The molecule has 0 bridgehead atoms. The summed E-state index contributed by atoms with van der Waals surface area (Å²) < 4.78 is 0. The highest BCUT2D eigenvalue weighted by atomic mass is 32.1. The quantitative estimate of drug-likeness (QED) is 0.531. The number of nitro benzene ring substituents is 1. The van der Waals surface area contributed by atoms with Crippen LogP contribution < -0.4 is 0 Å². The lowest BCUT2D eigenvalue weighted by molar-refractivity contribution is -0.384. The largest absolute Gasteiger partial charge is 0.507 e. The fourth-order valence-electron chi connectivity index (χ4n) is 1.72. The first-order chi connectivity index (χ1) is 9.93. The Labute approximate surface area is 124 Å². The lowest BCUT2D eigenvalue weighted by Crippen LogP contribution is -1.90. The average Bonchev–Trinajstić information content (AvgIpc) is 2.72. The Bertz CT molecular complexity index is 787. The van der Waals surface area contributed by atoms with Crippen molar-refractivity contribution >= 4 is 28.2 Å². The molecule has 0 aliphatic heterocycles. The van der Waals surface area contributed by atoms with Crippen LogP contribution in [-0.4, -0.2) is 16.2 Å². The summed E-state index contributed by atoms with van der Waals surface area (Å²) in [6.45, 7) is 3.74. The van der Waals surface area contributed by atoms with E-state index >= 15 is 0 Å². The summed E-state index contributed by atoms with van der Waals surface area (Å²) in [5, 5.41) is 30.1. The number of rotatable bonds is 3. The molecule has 0 fully saturated rings. The fourth-order valence-corrected chi connectivity index (χ4v) is 2.67. The highest BCUT2D eigenvalue weighted by Crippen LogP contribution is 2.34. The normalized spacial score (nSPS) is 10.7. The molecular formula is C14H11N3O3S. The van der Waals surface area contributed by atoms with Gasteiger partial charge in [-0.2, -0.15) is 5.26 Å². The molecule has 0 unspecified atom stereocenters. The van der Waals surface area contributed by atoms with Crippen molar-refractivity contribution in [3.63, 3.8) is 0 Å². The van der Waals surface area contributed by atoms with E-state index in [4.69, 9.17) is 5.26 Å². The lowest BCUT2D eigenvalue weighted by Gasteiger charge is -1.98. The highest BCUT2D eigenvalue weighted by molar-refractivity contribution is 7.16. The van der Waals surface area contributed by atoms with Crippen molar-refractivity contribution < 1.29 is 10.0 Å². The molecule has 106 valence electrons. The molecule has 1 aromatic heterocycles. The summed E-state index contributed by atoms with van der Waals surface area (Å²) in [6, 6.07) is 5.79. The second-order valence-electron chi connectivity index (χ2n) is 4.33. The van der Waals surface area contributed by atoms with Gasteiger partial charge in [-0.05, 0) is 25.5 Å². The van der Waals surface area contributed by atoms with E-state index in [9.17, 15) is 15.2 Å².